The van der Waals surface area contributed by atoms with Crippen molar-refractivity contribution >= 4 is 59.0 Å². The topological polar surface area (TPSA) is 343 Å². The van der Waals surface area contributed by atoms with Gasteiger partial charge in [0.15, 0.2) is 24.7 Å². The zero-order chi connectivity index (χ0) is 66.2. The third-order valence-corrected chi connectivity index (χ3v) is 17.7. The van der Waals surface area contributed by atoms with Crippen molar-refractivity contribution in [3.8, 4) is 0 Å². The lowest BCUT2D eigenvalue weighted by molar-refractivity contribution is -0.255. The second-order valence-corrected chi connectivity index (χ2v) is 24.6. The summed E-state index contributed by atoms with van der Waals surface area (Å²) in [6.07, 6.45) is 0.707. The van der Waals surface area contributed by atoms with Gasteiger partial charge >= 0.3 is 17.9 Å². The Morgan fingerprint density at radius 1 is 0.461 bits per heavy atom. The molecule has 5 amide bonds. The molecule has 89 heavy (non-hydrogen) atoms. The van der Waals surface area contributed by atoms with Gasteiger partial charge in [0.05, 0.1) is 56.5 Å². The first-order valence-corrected chi connectivity index (χ1v) is 32.3. The normalized spacial score (nSPS) is 27.1. The largest absolute Gasteiger partial charge is 0.463 e. The van der Waals surface area contributed by atoms with Crippen molar-refractivity contribution in [2.24, 2.45) is 53.1 Å². The summed E-state index contributed by atoms with van der Waals surface area (Å²) in [7, 11) is 0. The maximum atomic E-state index is 14.2. The van der Waals surface area contributed by atoms with E-state index in [4.69, 9.17) is 48.4 Å². The van der Waals surface area contributed by atoms with Gasteiger partial charge in [0.1, 0.15) is 25.6 Å². The fourth-order valence-corrected chi connectivity index (χ4v) is 11.1. The Kier molecular flexibility index (Phi) is 36.8. The van der Waals surface area contributed by atoms with E-state index in [0.29, 0.717) is 77.7 Å². The molecular weight excluding hydrogens is 1160 g/mol. The SMILES string of the molecule is CC(=O)NC1[C@H](OCCCCNC(=O)CNC(=O)CN(CC(=O)CCC(=O)NCCCCO[C@@H]2OC(COC(C)=O)[C@H](C)[C@H](C)C2C)C(CCCCN)C(=O)CC(=O)NCCCCO[C@@H]2OC(COC(C)=O)[C@H](C)[C@H](C)C2C)OC(COC(C)=O)[C@H](C)[C@@H]1C. The van der Waals surface area contributed by atoms with Gasteiger partial charge in [-0.3, -0.25) is 52.8 Å². The van der Waals surface area contributed by atoms with Crippen LogP contribution in [0.1, 0.15) is 160 Å². The quantitative estimate of drug-likeness (QED) is 0.0221. The standard InChI is InChI=1S/C63H109N7O19/c1-38-40(3)53(35-84-47(10)72)87-61(44(38)7)81-28-18-15-25-65-56(77)23-22-50(75)33-70(34-59(80)68-32-58(79)67-27-17-20-30-83-63-60(69-46(9)71)43(6)42(5)55(89-63)37-86-49(12)74)51(21-13-14-24-64)52(76)31-57(78)66-26-16-19-29-82-62-45(8)39(2)41(4)54(88-62)36-85-48(11)73/h38-45,51,53-55,60-63H,13-37,64H2,1-12H3,(H,65,77)(H,66,78)(H,67,79)(H,68,80)(H,69,71)/t38-,39-,40+,41+,42+,43-,44?,45?,51?,53?,54?,55?,60?,61+,62+,63+/m0/s1. The number of carbonyl (C=O) groups is 10. The Hall–Kier alpha value is -5.22. The number of nitrogens with zero attached hydrogens (tertiary/aromatic N) is 1. The van der Waals surface area contributed by atoms with Gasteiger partial charge in [0.2, 0.25) is 29.5 Å². The van der Waals surface area contributed by atoms with Gasteiger partial charge in [-0.15, -0.1) is 0 Å². The highest BCUT2D eigenvalue weighted by atomic mass is 16.7. The summed E-state index contributed by atoms with van der Waals surface area (Å²) in [5, 5.41) is 13.9. The number of hydrogen-bond acceptors (Lipinski definition) is 21. The highest BCUT2D eigenvalue weighted by Gasteiger charge is 2.44. The summed E-state index contributed by atoms with van der Waals surface area (Å²) >= 11 is 0. The number of esters is 3. The number of Topliss-reactive ketones (excluding diaryl/α,β-unsaturated/α-hetero) is 2. The summed E-state index contributed by atoms with van der Waals surface area (Å²) in [6, 6.07) is -1.52. The van der Waals surface area contributed by atoms with Crippen molar-refractivity contribution in [1.29, 1.82) is 0 Å². The predicted octanol–water partition coefficient (Wildman–Crippen LogP) is 3.41. The van der Waals surface area contributed by atoms with Crippen LogP contribution in [0, 0.1) is 47.3 Å². The minimum Gasteiger partial charge on any atom is -0.463 e. The average Bonchev–Trinajstić information content (AvgIpc) is 1.65. The van der Waals surface area contributed by atoms with Gasteiger partial charge in [-0.25, -0.2) is 0 Å². The molecule has 26 nitrogen and oxygen atoms in total. The lowest BCUT2D eigenvalue weighted by Crippen LogP contribution is -2.58. The molecule has 3 saturated heterocycles. The summed E-state index contributed by atoms with van der Waals surface area (Å²) in [5.74, 6) is -3.55. The zero-order valence-electron chi connectivity index (χ0n) is 55.2. The van der Waals surface area contributed by atoms with Crippen molar-refractivity contribution in [2.45, 2.75) is 209 Å². The number of unbranched alkanes of at least 4 members (excludes halogenated alkanes) is 4. The first-order valence-electron chi connectivity index (χ1n) is 32.3. The van der Waals surface area contributed by atoms with E-state index in [2.05, 4.69) is 68.1 Å². The third kappa shape index (κ3) is 29.3. The van der Waals surface area contributed by atoms with Crippen LogP contribution in [0.5, 0.6) is 0 Å². The predicted molar refractivity (Wildman–Crippen MR) is 327 cm³/mol. The van der Waals surface area contributed by atoms with E-state index in [1.165, 1.54) is 32.6 Å². The first-order chi connectivity index (χ1) is 42.2. The number of nitrogens with two attached hydrogens (primary N) is 1. The molecule has 3 heterocycles. The molecule has 3 aliphatic rings. The monoisotopic (exact) mass is 1270 g/mol. The second-order valence-electron chi connectivity index (χ2n) is 24.6. The summed E-state index contributed by atoms with van der Waals surface area (Å²) < 4.78 is 52.4. The van der Waals surface area contributed by atoms with Crippen LogP contribution in [0.25, 0.3) is 0 Å². The van der Waals surface area contributed by atoms with Crippen LogP contribution < -0.4 is 32.3 Å². The van der Waals surface area contributed by atoms with E-state index in [1.807, 2.05) is 13.8 Å². The smallest absolute Gasteiger partial charge is 0.302 e. The van der Waals surface area contributed by atoms with Gasteiger partial charge in [0.25, 0.3) is 0 Å². The molecule has 0 aromatic heterocycles. The fourth-order valence-electron chi connectivity index (χ4n) is 11.1. The van der Waals surface area contributed by atoms with Crippen LogP contribution in [0.2, 0.25) is 0 Å². The molecule has 26 heteroatoms. The molecule has 0 radical (unpaired) electrons. The zero-order valence-corrected chi connectivity index (χ0v) is 55.2. The molecule has 0 aliphatic carbocycles. The lowest BCUT2D eigenvalue weighted by atomic mass is 9.79. The van der Waals surface area contributed by atoms with Crippen LogP contribution in [0.15, 0.2) is 0 Å². The van der Waals surface area contributed by atoms with Crippen molar-refractivity contribution in [1.82, 2.24) is 31.5 Å². The van der Waals surface area contributed by atoms with E-state index in [0.717, 1.165) is 0 Å². The number of ether oxygens (including phenoxy) is 9. The highest BCUT2D eigenvalue weighted by molar-refractivity contribution is 6.01. The second kappa shape index (κ2) is 42.0. The minimum absolute atomic E-state index is 0.0410. The van der Waals surface area contributed by atoms with E-state index < -0.39 is 98.4 Å². The van der Waals surface area contributed by atoms with Crippen molar-refractivity contribution in [3.05, 3.63) is 0 Å². The number of amides is 5. The lowest BCUT2D eigenvalue weighted by Gasteiger charge is -2.44. The summed E-state index contributed by atoms with van der Waals surface area (Å²) in [6.45, 7) is 22.9. The Morgan fingerprint density at radius 2 is 0.899 bits per heavy atom. The third-order valence-electron chi connectivity index (χ3n) is 17.7. The average molecular weight is 1270 g/mol. The van der Waals surface area contributed by atoms with Gasteiger partial charge in [0, 0.05) is 91.8 Å². The maximum absolute atomic E-state index is 14.2. The molecule has 510 valence electrons. The van der Waals surface area contributed by atoms with E-state index in [-0.39, 0.29) is 142 Å². The summed E-state index contributed by atoms with van der Waals surface area (Å²) in [5.41, 5.74) is 5.84. The molecule has 0 aromatic carbocycles. The number of nitrogens with one attached hydrogen (secondary N) is 5. The number of carbonyl (C=O) groups excluding carboxylic acids is 10. The van der Waals surface area contributed by atoms with E-state index in [1.54, 1.807) is 0 Å². The Morgan fingerprint density at radius 3 is 1.36 bits per heavy atom. The van der Waals surface area contributed by atoms with Crippen LogP contribution in [-0.4, -0.2) is 199 Å². The molecule has 7 N–H and O–H groups in total. The molecule has 3 fully saturated rings. The molecular formula is C63H109N7O19. The Labute approximate surface area is 527 Å². The van der Waals surface area contributed by atoms with E-state index in [9.17, 15) is 47.9 Å². The highest BCUT2D eigenvalue weighted by Crippen LogP contribution is 2.37. The molecule has 3 aliphatic heterocycles. The molecule has 7 unspecified atom stereocenters. The number of ketones is 2. The Balaban J connectivity index is 1.58. The number of hydrogen-bond donors (Lipinski definition) is 6. The minimum atomic E-state index is -1.07. The molecule has 0 saturated carbocycles. The van der Waals surface area contributed by atoms with Crippen molar-refractivity contribution in [2.75, 3.05) is 85.5 Å². The van der Waals surface area contributed by atoms with Crippen molar-refractivity contribution in [3.63, 3.8) is 0 Å². The molecule has 3 rings (SSSR count). The molecule has 16 atom stereocenters. The number of rotatable bonds is 42. The van der Waals surface area contributed by atoms with Crippen LogP contribution in [0.4, 0.5) is 0 Å². The van der Waals surface area contributed by atoms with Gasteiger partial charge in [-0.05, 0) is 93.4 Å². The molecule has 0 aromatic rings. The summed E-state index contributed by atoms with van der Waals surface area (Å²) in [4.78, 5) is 129. The van der Waals surface area contributed by atoms with Gasteiger partial charge < -0.3 is 74.9 Å². The fraction of sp³-hybridized carbons (Fsp3) is 0.841. The van der Waals surface area contributed by atoms with Crippen molar-refractivity contribution < 1.29 is 90.6 Å². The molecule has 0 spiro atoms. The molecule has 0 bridgehead atoms. The maximum Gasteiger partial charge on any atom is 0.302 e. The van der Waals surface area contributed by atoms with Crippen LogP contribution in [-0.2, 0) is 90.6 Å². The van der Waals surface area contributed by atoms with Crippen LogP contribution in [0.3, 0.4) is 0 Å². The first kappa shape index (κ1) is 78.0. The van der Waals surface area contributed by atoms with Crippen LogP contribution >= 0.6 is 0 Å². The van der Waals surface area contributed by atoms with E-state index >= 15 is 0 Å². The van der Waals surface area contributed by atoms with Gasteiger partial charge in [-0.1, -0.05) is 61.8 Å². The Bertz CT molecular complexity index is 2230. The van der Waals surface area contributed by atoms with Gasteiger partial charge in [-0.2, -0.15) is 0 Å².